The number of carbonyl (C=O) groups is 1. The Kier molecular flexibility index (Phi) is 5.89. The van der Waals surface area contributed by atoms with E-state index in [1.807, 2.05) is 20.8 Å². The Hall–Kier alpha value is -1.07. The molecule has 144 valence electrons. The number of hydrogen-bond acceptors (Lipinski definition) is 5. The molecule has 2 rings (SSSR count). The molecule has 2 aliphatic heterocycles. The summed E-state index contributed by atoms with van der Waals surface area (Å²) in [6.45, 7) is 14.2. The van der Waals surface area contributed by atoms with E-state index in [0.717, 1.165) is 25.7 Å². The molecule has 5 heteroatoms. The van der Waals surface area contributed by atoms with E-state index in [-0.39, 0.29) is 23.9 Å². The van der Waals surface area contributed by atoms with Crippen LogP contribution in [-0.2, 0) is 18.9 Å². The first kappa shape index (κ1) is 20.2. The molecule has 0 spiro atoms. The minimum absolute atomic E-state index is 0.0136. The summed E-state index contributed by atoms with van der Waals surface area (Å²) in [7, 11) is 0. The molecule has 5 nitrogen and oxygen atoms in total. The van der Waals surface area contributed by atoms with Crippen molar-refractivity contribution in [2.75, 3.05) is 6.61 Å². The van der Waals surface area contributed by atoms with Gasteiger partial charge in [0, 0.05) is 0 Å². The van der Waals surface area contributed by atoms with Crippen molar-refractivity contribution in [3.05, 3.63) is 11.6 Å². The highest BCUT2D eigenvalue weighted by molar-refractivity contribution is 5.60. The Bertz CT molecular complexity index is 517. The van der Waals surface area contributed by atoms with Gasteiger partial charge >= 0.3 is 6.16 Å². The standard InChI is InChI=1S/C20H34O5/c1-14(2)9-8-11-19(6)15(23-19)10-12-20(7)16(24-20)13-22-17(21)25-18(3,4)5/h9,15-16H,8,10-13H2,1-7H3/t15-,16+,19-,20+/m1/s1. The summed E-state index contributed by atoms with van der Waals surface area (Å²) in [6.07, 6.45) is 5.91. The van der Waals surface area contributed by atoms with Gasteiger partial charge in [-0.15, -0.1) is 0 Å². The quantitative estimate of drug-likeness (QED) is 0.357. The maximum atomic E-state index is 11.6. The van der Waals surface area contributed by atoms with Crippen LogP contribution in [0.4, 0.5) is 4.79 Å². The third kappa shape index (κ3) is 6.30. The predicted molar refractivity (Wildman–Crippen MR) is 96.6 cm³/mol. The van der Waals surface area contributed by atoms with Crippen molar-refractivity contribution >= 4 is 6.16 Å². The Morgan fingerprint density at radius 1 is 1.08 bits per heavy atom. The second kappa shape index (κ2) is 7.28. The first-order valence-corrected chi connectivity index (χ1v) is 9.28. The molecule has 0 aliphatic carbocycles. The van der Waals surface area contributed by atoms with Crippen LogP contribution in [0, 0.1) is 0 Å². The molecule has 4 atom stereocenters. The molecule has 0 bridgehead atoms. The zero-order chi connectivity index (χ0) is 18.9. The van der Waals surface area contributed by atoms with Gasteiger partial charge in [0.15, 0.2) is 0 Å². The highest BCUT2D eigenvalue weighted by Crippen LogP contribution is 2.47. The average molecular weight is 354 g/mol. The molecule has 0 aromatic carbocycles. The lowest BCUT2D eigenvalue weighted by molar-refractivity contribution is -0.00949. The van der Waals surface area contributed by atoms with Crippen LogP contribution in [0.3, 0.4) is 0 Å². The van der Waals surface area contributed by atoms with Crippen molar-refractivity contribution in [3.8, 4) is 0 Å². The number of epoxide rings is 2. The van der Waals surface area contributed by atoms with E-state index in [0.29, 0.717) is 6.10 Å². The molecule has 0 aromatic heterocycles. The third-order valence-corrected chi connectivity index (χ3v) is 4.91. The van der Waals surface area contributed by atoms with Crippen LogP contribution >= 0.6 is 0 Å². The van der Waals surface area contributed by atoms with E-state index < -0.39 is 11.8 Å². The first-order valence-electron chi connectivity index (χ1n) is 9.28. The lowest BCUT2D eigenvalue weighted by atomic mass is 9.94. The van der Waals surface area contributed by atoms with E-state index in [1.165, 1.54) is 5.57 Å². The highest BCUT2D eigenvalue weighted by Gasteiger charge is 2.56. The van der Waals surface area contributed by atoms with Gasteiger partial charge in [-0.2, -0.15) is 0 Å². The van der Waals surface area contributed by atoms with Crippen molar-refractivity contribution in [2.24, 2.45) is 0 Å². The molecule has 2 fully saturated rings. The van der Waals surface area contributed by atoms with Gasteiger partial charge < -0.3 is 18.9 Å². The minimum Gasteiger partial charge on any atom is -0.431 e. The molecule has 2 heterocycles. The van der Waals surface area contributed by atoms with Gasteiger partial charge in [-0.1, -0.05) is 11.6 Å². The lowest BCUT2D eigenvalue weighted by Crippen LogP contribution is -2.26. The zero-order valence-electron chi connectivity index (χ0n) is 16.8. The largest absolute Gasteiger partial charge is 0.508 e. The summed E-state index contributed by atoms with van der Waals surface area (Å²) in [5.74, 6) is 0. The number of allylic oxidation sites excluding steroid dienone is 2. The molecule has 0 radical (unpaired) electrons. The number of ether oxygens (including phenoxy) is 4. The normalized spacial score (nSPS) is 33.6. The monoisotopic (exact) mass is 354 g/mol. The molecule has 0 unspecified atom stereocenters. The van der Waals surface area contributed by atoms with E-state index in [1.54, 1.807) is 0 Å². The average Bonchev–Trinajstić information content (AvgIpc) is 3.29. The van der Waals surface area contributed by atoms with Crippen LogP contribution in [0.15, 0.2) is 11.6 Å². The number of hydrogen-bond donors (Lipinski definition) is 0. The van der Waals surface area contributed by atoms with Gasteiger partial charge in [0.2, 0.25) is 0 Å². The molecule has 0 aromatic rings. The van der Waals surface area contributed by atoms with Crippen molar-refractivity contribution < 1.29 is 23.7 Å². The molecule has 2 aliphatic rings. The van der Waals surface area contributed by atoms with Crippen LogP contribution in [0.2, 0.25) is 0 Å². The summed E-state index contributed by atoms with van der Waals surface area (Å²) >= 11 is 0. The Labute approximate surface area is 152 Å². The minimum atomic E-state index is -0.636. The summed E-state index contributed by atoms with van der Waals surface area (Å²) in [5.41, 5.74) is 0.617. The fraction of sp³-hybridized carbons (Fsp3) is 0.850. The van der Waals surface area contributed by atoms with Gasteiger partial charge in [0.05, 0.1) is 17.3 Å². The first-order chi connectivity index (χ1) is 11.4. The van der Waals surface area contributed by atoms with Crippen molar-refractivity contribution in [2.45, 2.75) is 103 Å². The van der Waals surface area contributed by atoms with E-state index in [2.05, 4.69) is 33.8 Å². The van der Waals surface area contributed by atoms with Gasteiger partial charge in [-0.3, -0.25) is 0 Å². The lowest BCUT2D eigenvalue weighted by Gasteiger charge is -2.18. The second-order valence-electron chi connectivity index (χ2n) is 8.97. The number of rotatable bonds is 8. The Balaban J connectivity index is 1.63. The highest BCUT2D eigenvalue weighted by atomic mass is 16.7. The summed E-state index contributed by atoms with van der Waals surface area (Å²) in [6, 6.07) is 0. The van der Waals surface area contributed by atoms with Gasteiger partial charge in [-0.05, 0) is 74.1 Å². The zero-order valence-corrected chi connectivity index (χ0v) is 16.8. The molecule has 0 saturated carbocycles. The summed E-state index contributed by atoms with van der Waals surface area (Å²) < 4.78 is 21.9. The SMILES string of the molecule is CC(C)=CCC[C@@]1(C)O[C@@H]1CC[C@]1(C)O[C@H]1COC(=O)OC(C)(C)C. The van der Waals surface area contributed by atoms with Crippen LogP contribution < -0.4 is 0 Å². The third-order valence-electron chi connectivity index (χ3n) is 4.91. The molecule has 0 amide bonds. The molecular weight excluding hydrogens is 320 g/mol. The van der Waals surface area contributed by atoms with Crippen LogP contribution in [0.1, 0.15) is 74.1 Å². The van der Waals surface area contributed by atoms with Crippen LogP contribution in [0.25, 0.3) is 0 Å². The smallest absolute Gasteiger partial charge is 0.431 e. The van der Waals surface area contributed by atoms with Crippen molar-refractivity contribution in [1.82, 2.24) is 0 Å². The Morgan fingerprint density at radius 2 is 1.68 bits per heavy atom. The van der Waals surface area contributed by atoms with Gasteiger partial charge in [0.1, 0.15) is 18.3 Å². The molecule has 2 saturated heterocycles. The number of carbonyl (C=O) groups excluding carboxylic acids is 1. The molecular formula is C20H34O5. The van der Waals surface area contributed by atoms with Crippen LogP contribution in [-0.4, -0.2) is 41.8 Å². The maximum absolute atomic E-state index is 11.6. The van der Waals surface area contributed by atoms with E-state index in [4.69, 9.17) is 18.9 Å². The molecule has 25 heavy (non-hydrogen) atoms. The fourth-order valence-electron chi connectivity index (χ4n) is 3.08. The second-order valence-corrected chi connectivity index (χ2v) is 8.97. The maximum Gasteiger partial charge on any atom is 0.508 e. The summed E-state index contributed by atoms with van der Waals surface area (Å²) in [5, 5.41) is 0. The van der Waals surface area contributed by atoms with Gasteiger partial charge in [0.25, 0.3) is 0 Å². The van der Waals surface area contributed by atoms with E-state index in [9.17, 15) is 4.79 Å². The van der Waals surface area contributed by atoms with Gasteiger partial charge in [-0.25, -0.2) is 4.79 Å². The van der Waals surface area contributed by atoms with Crippen LogP contribution in [0.5, 0.6) is 0 Å². The van der Waals surface area contributed by atoms with Crippen molar-refractivity contribution in [3.63, 3.8) is 0 Å². The van der Waals surface area contributed by atoms with E-state index >= 15 is 0 Å². The Morgan fingerprint density at radius 3 is 2.28 bits per heavy atom. The van der Waals surface area contributed by atoms with Crippen molar-refractivity contribution in [1.29, 1.82) is 0 Å². The predicted octanol–water partition coefficient (Wildman–Crippen LogP) is 4.78. The summed E-state index contributed by atoms with van der Waals surface area (Å²) in [4.78, 5) is 11.6. The fourth-order valence-corrected chi connectivity index (χ4v) is 3.08. The molecule has 0 N–H and O–H groups in total. The topological polar surface area (TPSA) is 60.6 Å².